The first-order valence-electron chi connectivity index (χ1n) is 8.15. The maximum absolute atomic E-state index is 6.27. The molecule has 0 radical (unpaired) electrons. The Morgan fingerprint density at radius 3 is 1.23 bits per heavy atom. The molecule has 0 saturated heterocycles. The van der Waals surface area contributed by atoms with Crippen LogP contribution >= 0.6 is 23.2 Å². The fraction of sp³-hybridized carbons (Fsp3) is 0. The summed E-state index contributed by atoms with van der Waals surface area (Å²) in [6, 6.07) is 27.8. The molecule has 0 fully saturated rings. The van der Waals surface area contributed by atoms with Crippen LogP contribution in [0.5, 0.6) is 0 Å². The quantitative estimate of drug-likeness (QED) is 0.368. The number of halogens is 2. The van der Waals surface area contributed by atoms with Gasteiger partial charge in [-0.25, -0.2) is 9.97 Å². The molecule has 0 spiro atoms. The Kier molecular flexibility index (Phi) is 4.70. The Hall–Kier alpha value is -2.68. The SMILES string of the molecule is Clc1cc(-c2ccccc2)cc(-c2cc(-c3ccccc3)cc(Cl)n2)n1. The van der Waals surface area contributed by atoms with Crippen LogP contribution < -0.4 is 0 Å². The zero-order valence-corrected chi connectivity index (χ0v) is 15.2. The lowest BCUT2D eigenvalue weighted by Crippen LogP contribution is -1.92. The molecular formula is C22H14Cl2N2. The molecule has 126 valence electrons. The number of pyridine rings is 2. The molecule has 0 N–H and O–H groups in total. The van der Waals surface area contributed by atoms with Crippen LogP contribution in [0.25, 0.3) is 33.6 Å². The lowest BCUT2D eigenvalue weighted by Gasteiger charge is -2.09. The molecular weight excluding hydrogens is 363 g/mol. The van der Waals surface area contributed by atoms with Crippen molar-refractivity contribution in [2.75, 3.05) is 0 Å². The van der Waals surface area contributed by atoms with Gasteiger partial charge in [0.25, 0.3) is 0 Å². The predicted octanol–water partition coefficient (Wildman–Crippen LogP) is 6.78. The fourth-order valence-corrected chi connectivity index (χ4v) is 3.27. The number of rotatable bonds is 3. The van der Waals surface area contributed by atoms with Crippen LogP contribution in [0.1, 0.15) is 0 Å². The van der Waals surface area contributed by atoms with Crippen LogP contribution in [0.4, 0.5) is 0 Å². The third-order valence-corrected chi connectivity index (χ3v) is 4.45. The van der Waals surface area contributed by atoms with E-state index in [1.165, 1.54) is 0 Å². The number of nitrogens with zero attached hydrogens (tertiary/aromatic N) is 2. The molecule has 2 aromatic carbocycles. The van der Waals surface area contributed by atoms with Gasteiger partial charge < -0.3 is 0 Å². The van der Waals surface area contributed by atoms with Gasteiger partial charge in [0.05, 0.1) is 11.4 Å². The van der Waals surface area contributed by atoms with Crippen LogP contribution in [0.2, 0.25) is 10.3 Å². The Morgan fingerprint density at radius 2 is 0.846 bits per heavy atom. The third-order valence-electron chi connectivity index (χ3n) is 4.06. The topological polar surface area (TPSA) is 25.8 Å². The summed E-state index contributed by atoms with van der Waals surface area (Å²) < 4.78 is 0. The minimum absolute atomic E-state index is 0.421. The van der Waals surface area contributed by atoms with Gasteiger partial charge in [-0.1, -0.05) is 83.9 Å². The predicted molar refractivity (Wildman–Crippen MR) is 108 cm³/mol. The minimum atomic E-state index is 0.421. The summed E-state index contributed by atoms with van der Waals surface area (Å²) in [5.41, 5.74) is 5.51. The lowest BCUT2D eigenvalue weighted by atomic mass is 10.0. The molecule has 2 nitrogen and oxygen atoms in total. The highest BCUT2D eigenvalue weighted by molar-refractivity contribution is 6.30. The normalized spacial score (nSPS) is 10.7. The molecule has 0 aliphatic heterocycles. The van der Waals surface area contributed by atoms with E-state index in [-0.39, 0.29) is 0 Å². The molecule has 0 atom stereocenters. The zero-order valence-electron chi connectivity index (χ0n) is 13.7. The lowest BCUT2D eigenvalue weighted by molar-refractivity contribution is 1.25. The molecule has 4 heteroatoms. The molecule has 2 heterocycles. The third kappa shape index (κ3) is 3.62. The molecule has 0 unspecified atom stereocenters. The van der Waals surface area contributed by atoms with Crippen LogP contribution in [0, 0.1) is 0 Å². The van der Waals surface area contributed by atoms with E-state index in [0.717, 1.165) is 22.3 Å². The van der Waals surface area contributed by atoms with Crippen LogP contribution in [-0.4, -0.2) is 9.97 Å². The number of aromatic nitrogens is 2. The molecule has 4 aromatic rings. The zero-order chi connectivity index (χ0) is 17.9. The molecule has 0 saturated carbocycles. The average molecular weight is 377 g/mol. The summed E-state index contributed by atoms with van der Waals surface area (Å²) in [4.78, 5) is 8.90. The summed E-state index contributed by atoms with van der Waals surface area (Å²) >= 11 is 12.5. The first-order chi connectivity index (χ1) is 12.7. The van der Waals surface area contributed by atoms with Crippen molar-refractivity contribution >= 4 is 23.2 Å². The van der Waals surface area contributed by atoms with E-state index in [2.05, 4.69) is 9.97 Å². The Labute approximate surface area is 162 Å². The molecule has 0 amide bonds. The molecule has 0 bridgehead atoms. The van der Waals surface area contributed by atoms with Gasteiger partial charge in [-0.05, 0) is 46.5 Å². The summed E-state index contributed by atoms with van der Waals surface area (Å²) in [5, 5.41) is 0.841. The van der Waals surface area contributed by atoms with Gasteiger partial charge in [0.15, 0.2) is 0 Å². The molecule has 0 aliphatic carbocycles. The Morgan fingerprint density at radius 1 is 0.462 bits per heavy atom. The van der Waals surface area contributed by atoms with E-state index in [1.54, 1.807) is 0 Å². The number of benzene rings is 2. The second-order valence-corrected chi connectivity index (χ2v) is 6.63. The van der Waals surface area contributed by atoms with Gasteiger partial charge in [-0.3, -0.25) is 0 Å². The van der Waals surface area contributed by atoms with Crippen LogP contribution in [-0.2, 0) is 0 Å². The van der Waals surface area contributed by atoms with E-state index in [9.17, 15) is 0 Å². The number of hydrogen-bond donors (Lipinski definition) is 0. The van der Waals surface area contributed by atoms with Crippen molar-refractivity contribution in [3.05, 3.63) is 95.2 Å². The maximum Gasteiger partial charge on any atom is 0.130 e. The van der Waals surface area contributed by atoms with E-state index < -0.39 is 0 Å². The van der Waals surface area contributed by atoms with Crippen molar-refractivity contribution < 1.29 is 0 Å². The van der Waals surface area contributed by atoms with Gasteiger partial charge in [0, 0.05) is 0 Å². The molecule has 0 aliphatic rings. The smallest absolute Gasteiger partial charge is 0.130 e. The van der Waals surface area contributed by atoms with Gasteiger partial charge in [0.2, 0.25) is 0 Å². The van der Waals surface area contributed by atoms with Gasteiger partial charge in [-0.15, -0.1) is 0 Å². The Balaban J connectivity index is 1.83. The Bertz CT molecular complexity index is 961. The molecule has 2 aromatic heterocycles. The van der Waals surface area contributed by atoms with Crippen molar-refractivity contribution in [1.82, 2.24) is 9.97 Å². The van der Waals surface area contributed by atoms with Gasteiger partial charge in [-0.2, -0.15) is 0 Å². The monoisotopic (exact) mass is 376 g/mol. The number of hydrogen-bond acceptors (Lipinski definition) is 2. The van der Waals surface area contributed by atoms with E-state index in [0.29, 0.717) is 21.7 Å². The average Bonchev–Trinajstić information content (AvgIpc) is 2.68. The van der Waals surface area contributed by atoms with Crippen LogP contribution in [0.15, 0.2) is 84.9 Å². The highest BCUT2D eigenvalue weighted by Crippen LogP contribution is 2.30. The second-order valence-electron chi connectivity index (χ2n) is 5.86. The minimum Gasteiger partial charge on any atom is -0.234 e. The largest absolute Gasteiger partial charge is 0.234 e. The standard InChI is InChI=1S/C22H14Cl2N2/c23-21-13-17(15-7-3-1-4-8-15)11-19(25-21)20-12-18(14-22(24)26-20)16-9-5-2-6-10-16/h1-14H. The first kappa shape index (κ1) is 16.8. The van der Waals surface area contributed by atoms with Gasteiger partial charge in [0.1, 0.15) is 10.3 Å². The van der Waals surface area contributed by atoms with E-state index in [4.69, 9.17) is 23.2 Å². The summed E-state index contributed by atoms with van der Waals surface area (Å²) in [7, 11) is 0. The summed E-state index contributed by atoms with van der Waals surface area (Å²) in [6.45, 7) is 0. The maximum atomic E-state index is 6.27. The van der Waals surface area contributed by atoms with Crippen LogP contribution in [0.3, 0.4) is 0 Å². The summed E-state index contributed by atoms with van der Waals surface area (Å²) in [6.07, 6.45) is 0. The van der Waals surface area contributed by atoms with E-state index >= 15 is 0 Å². The fourth-order valence-electron chi connectivity index (χ4n) is 2.85. The highest BCUT2D eigenvalue weighted by atomic mass is 35.5. The van der Waals surface area contributed by atoms with Crippen molar-refractivity contribution in [2.45, 2.75) is 0 Å². The molecule has 4 rings (SSSR count). The van der Waals surface area contributed by atoms with Crippen molar-refractivity contribution in [1.29, 1.82) is 0 Å². The first-order valence-corrected chi connectivity index (χ1v) is 8.91. The van der Waals surface area contributed by atoms with E-state index in [1.807, 2.05) is 84.9 Å². The second kappa shape index (κ2) is 7.28. The van der Waals surface area contributed by atoms with Crippen molar-refractivity contribution in [3.8, 4) is 33.6 Å². The van der Waals surface area contributed by atoms with Crippen molar-refractivity contribution in [3.63, 3.8) is 0 Å². The van der Waals surface area contributed by atoms with Gasteiger partial charge >= 0.3 is 0 Å². The van der Waals surface area contributed by atoms with Crippen molar-refractivity contribution in [2.24, 2.45) is 0 Å². The highest BCUT2D eigenvalue weighted by Gasteiger charge is 2.10. The molecule has 26 heavy (non-hydrogen) atoms. The summed E-state index contributed by atoms with van der Waals surface area (Å²) in [5.74, 6) is 0.